The van der Waals surface area contributed by atoms with Gasteiger partial charge in [0.15, 0.2) is 5.96 Å². The molecule has 2 aliphatic heterocycles. The first-order valence-electron chi connectivity index (χ1n) is 10.2. The minimum atomic E-state index is 0. The lowest BCUT2D eigenvalue weighted by molar-refractivity contribution is 0.0194. The van der Waals surface area contributed by atoms with Crippen LogP contribution in [0.15, 0.2) is 29.3 Å². The van der Waals surface area contributed by atoms with Crippen molar-refractivity contribution in [3.63, 3.8) is 0 Å². The summed E-state index contributed by atoms with van der Waals surface area (Å²) in [5, 5.41) is 4.50. The zero-order valence-corrected chi connectivity index (χ0v) is 19.8. The van der Waals surface area contributed by atoms with Crippen molar-refractivity contribution >= 4 is 41.5 Å². The number of morpholine rings is 1. The monoisotopic (exact) mass is 518 g/mol. The molecule has 2 heterocycles. The summed E-state index contributed by atoms with van der Waals surface area (Å²) in [5.41, 5.74) is 1.62. The molecule has 0 aromatic heterocycles. The Balaban J connectivity index is 0.00000225. The third-order valence-corrected chi connectivity index (χ3v) is 6.84. The summed E-state index contributed by atoms with van der Waals surface area (Å²) in [4.78, 5) is 9.59. The molecule has 1 aromatic carbocycles. The van der Waals surface area contributed by atoms with Crippen LogP contribution < -0.4 is 5.32 Å². The lowest BCUT2D eigenvalue weighted by Gasteiger charge is -2.43. The van der Waals surface area contributed by atoms with Gasteiger partial charge in [0.25, 0.3) is 0 Å². The lowest BCUT2D eigenvalue weighted by atomic mass is 9.64. The number of aliphatic imine (C=N–C) groups is 1. The summed E-state index contributed by atoms with van der Waals surface area (Å²) < 4.78 is 5.50. The van der Waals surface area contributed by atoms with E-state index in [0.717, 1.165) is 56.9 Å². The van der Waals surface area contributed by atoms with E-state index < -0.39 is 0 Å². The van der Waals surface area contributed by atoms with Crippen LogP contribution >= 0.6 is 35.6 Å². The molecule has 0 spiro atoms. The van der Waals surface area contributed by atoms with Gasteiger partial charge in [0.05, 0.1) is 13.2 Å². The fraction of sp³-hybridized carbons (Fsp3) is 0.667. The number of hydrogen-bond acceptors (Lipinski definition) is 3. The van der Waals surface area contributed by atoms with Crippen LogP contribution in [-0.4, -0.2) is 74.8 Å². The van der Waals surface area contributed by atoms with Gasteiger partial charge >= 0.3 is 0 Å². The van der Waals surface area contributed by atoms with Crippen molar-refractivity contribution in [2.24, 2.45) is 4.99 Å². The molecule has 2 saturated heterocycles. The Hall–Kier alpha value is -0.570. The number of halogens is 2. The Kier molecular flexibility index (Phi) is 7.87. The molecule has 7 heteroatoms. The molecular formula is C21H32ClIN4O. The molecule has 1 atom stereocenters. The largest absolute Gasteiger partial charge is 0.379 e. The predicted octanol–water partition coefficient (Wildman–Crippen LogP) is 3.36. The predicted molar refractivity (Wildman–Crippen MR) is 126 cm³/mol. The molecule has 1 aromatic rings. The maximum atomic E-state index is 6.08. The molecule has 1 N–H and O–H groups in total. The molecule has 1 aliphatic carbocycles. The molecule has 0 bridgehead atoms. The van der Waals surface area contributed by atoms with Gasteiger partial charge in [0.1, 0.15) is 0 Å². The summed E-state index contributed by atoms with van der Waals surface area (Å²) in [7, 11) is 1.90. The molecule has 0 radical (unpaired) electrons. The minimum absolute atomic E-state index is 0. The Morgan fingerprint density at radius 3 is 2.54 bits per heavy atom. The van der Waals surface area contributed by atoms with Crippen molar-refractivity contribution < 1.29 is 4.74 Å². The Labute approximate surface area is 190 Å². The molecule has 3 aliphatic rings. The van der Waals surface area contributed by atoms with Crippen molar-refractivity contribution in [3.8, 4) is 0 Å². The van der Waals surface area contributed by atoms with E-state index in [1.54, 1.807) is 0 Å². The van der Waals surface area contributed by atoms with Crippen molar-refractivity contribution in [2.45, 2.75) is 37.1 Å². The highest BCUT2D eigenvalue weighted by molar-refractivity contribution is 14.0. The van der Waals surface area contributed by atoms with Gasteiger partial charge in [-0.3, -0.25) is 9.89 Å². The van der Waals surface area contributed by atoms with Crippen LogP contribution in [-0.2, 0) is 10.2 Å². The van der Waals surface area contributed by atoms with Crippen molar-refractivity contribution in [2.75, 3.05) is 53.0 Å². The van der Waals surface area contributed by atoms with Crippen LogP contribution in [0.4, 0.5) is 0 Å². The lowest BCUT2D eigenvalue weighted by Crippen LogP contribution is -2.50. The Morgan fingerprint density at radius 2 is 1.93 bits per heavy atom. The van der Waals surface area contributed by atoms with E-state index in [0.29, 0.717) is 6.04 Å². The SMILES string of the molecule is CN=C(NCC1(c2ccc(Cl)cc2)CCC1)N1CCC(N2CCOCC2)C1.I. The van der Waals surface area contributed by atoms with Crippen LogP contribution in [0.5, 0.6) is 0 Å². The highest BCUT2D eigenvalue weighted by Gasteiger charge is 2.39. The van der Waals surface area contributed by atoms with Gasteiger partial charge in [-0.2, -0.15) is 0 Å². The van der Waals surface area contributed by atoms with Gasteiger partial charge in [-0.25, -0.2) is 0 Å². The second-order valence-corrected chi connectivity index (χ2v) is 8.51. The summed E-state index contributed by atoms with van der Waals surface area (Å²) in [6, 6.07) is 9.03. The zero-order chi connectivity index (χ0) is 18.7. The summed E-state index contributed by atoms with van der Waals surface area (Å²) in [6.45, 7) is 6.94. The highest BCUT2D eigenvalue weighted by atomic mass is 127. The van der Waals surface area contributed by atoms with Gasteiger partial charge in [-0.05, 0) is 37.0 Å². The van der Waals surface area contributed by atoms with Crippen LogP contribution in [0.1, 0.15) is 31.2 Å². The van der Waals surface area contributed by atoms with E-state index in [2.05, 4.69) is 32.2 Å². The third-order valence-electron chi connectivity index (χ3n) is 6.59. The number of nitrogens with zero attached hydrogens (tertiary/aromatic N) is 3. The fourth-order valence-corrected chi connectivity index (χ4v) is 4.86. The smallest absolute Gasteiger partial charge is 0.193 e. The summed E-state index contributed by atoms with van der Waals surface area (Å²) >= 11 is 6.08. The van der Waals surface area contributed by atoms with Gasteiger partial charge in [-0.1, -0.05) is 30.2 Å². The molecule has 0 amide bonds. The molecule has 5 nitrogen and oxygen atoms in total. The van der Waals surface area contributed by atoms with E-state index in [4.69, 9.17) is 16.3 Å². The number of nitrogens with one attached hydrogen (secondary N) is 1. The Morgan fingerprint density at radius 1 is 1.21 bits per heavy atom. The number of ether oxygens (including phenoxy) is 1. The van der Waals surface area contributed by atoms with Crippen molar-refractivity contribution in [3.05, 3.63) is 34.9 Å². The average molecular weight is 519 g/mol. The average Bonchev–Trinajstić information content (AvgIpc) is 3.16. The first-order valence-corrected chi connectivity index (χ1v) is 10.6. The van der Waals surface area contributed by atoms with E-state index in [1.165, 1.54) is 31.2 Å². The van der Waals surface area contributed by atoms with Crippen LogP contribution in [0, 0.1) is 0 Å². The first-order chi connectivity index (χ1) is 13.2. The van der Waals surface area contributed by atoms with Gasteiger partial charge in [-0.15, -0.1) is 24.0 Å². The summed E-state index contributed by atoms with van der Waals surface area (Å²) in [6.07, 6.45) is 4.97. The molecule has 1 saturated carbocycles. The van der Waals surface area contributed by atoms with Crippen molar-refractivity contribution in [1.29, 1.82) is 0 Å². The second kappa shape index (κ2) is 9.96. The van der Waals surface area contributed by atoms with E-state index in [-0.39, 0.29) is 29.4 Å². The number of guanidine groups is 1. The molecular weight excluding hydrogens is 487 g/mol. The molecule has 1 unspecified atom stereocenters. The molecule has 4 rings (SSSR count). The van der Waals surface area contributed by atoms with Crippen LogP contribution in [0.25, 0.3) is 0 Å². The molecule has 156 valence electrons. The maximum Gasteiger partial charge on any atom is 0.193 e. The molecule has 28 heavy (non-hydrogen) atoms. The zero-order valence-electron chi connectivity index (χ0n) is 16.7. The number of rotatable bonds is 4. The number of benzene rings is 1. The van der Waals surface area contributed by atoms with Crippen LogP contribution in [0.3, 0.4) is 0 Å². The first kappa shape index (κ1) is 22.1. The van der Waals surface area contributed by atoms with Gasteiger partial charge < -0.3 is 15.0 Å². The topological polar surface area (TPSA) is 40.1 Å². The summed E-state index contributed by atoms with van der Waals surface area (Å²) in [5.74, 6) is 1.05. The minimum Gasteiger partial charge on any atom is -0.379 e. The number of likely N-dealkylation sites (tertiary alicyclic amines) is 1. The quantitative estimate of drug-likeness (QED) is 0.377. The van der Waals surface area contributed by atoms with Crippen molar-refractivity contribution in [1.82, 2.24) is 15.1 Å². The van der Waals surface area contributed by atoms with Gasteiger partial charge in [0.2, 0.25) is 0 Å². The normalized spacial score (nSPS) is 25.1. The number of hydrogen-bond donors (Lipinski definition) is 1. The fourth-order valence-electron chi connectivity index (χ4n) is 4.73. The van der Waals surface area contributed by atoms with E-state index in [1.807, 2.05) is 19.2 Å². The maximum absolute atomic E-state index is 6.08. The Bertz CT molecular complexity index is 659. The van der Waals surface area contributed by atoms with Crippen LogP contribution in [0.2, 0.25) is 5.02 Å². The van der Waals surface area contributed by atoms with Gasteiger partial charge in [0, 0.05) is 56.3 Å². The molecule has 3 fully saturated rings. The van der Waals surface area contributed by atoms with E-state index >= 15 is 0 Å². The highest BCUT2D eigenvalue weighted by Crippen LogP contribution is 2.43. The van der Waals surface area contributed by atoms with E-state index in [9.17, 15) is 0 Å². The standard InChI is InChI=1S/C21H31ClN4O.HI/c1-23-20(26-10-7-19(15-26)25-11-13-27-14-12-25)24-16-21(8-2-9-21)17-3-5-18(22)6-4-17;/h3-6,19H,2,7-16H2,1H3,(H,23,24);1H. The second-order valence-electron chi connectivity index (χ2n) is 8.08. The third kappa shape index (κ3) is 4.77.